The van der Waals surface area contributed by atoms with Crippen LogP contribution in [0.1, 0.15) is 29.9 Å². The fourth-order valence-corrected chi connectivity index (χ4v) is 5.38. The van der Waals surface area contributed by atoms with Crippen LogP contribution in [0, 0.1) is 5.92 Å². The molecule has 0 spiro atoms. The molecule has 2 aliphatic rings. The first-order chi connectivity index (χ1) is 16.5. The summed E-state index contributed by atoms with van der Waals surface area (Å²) in [5, 5.41) is 15.3. The Morgan fingerprint density at radius 3 is 2.44 bits per heavy atom. The van der Waals surface area contributed by atoms with Gasteiger partial charge in [0.15, 0.2) is 0 Å². The number of rotatable bonds is 6. The summed E-state index contributed by atoms with van der Waals surface area (Å²) in [5.74, 6) is -0.596. The van der Waals surface area contributed by atoms with Crippen LogP contribution in [0.3, 0.4) is 0 Å². The molecule has 0 aromatic heterocycles. The van der Waals surface area contributed by atoms with Gasteiger partial charge in [0.05, 0.1) is 22.1 Å². The maximum Gasteiger partial charge on any atom is 0.228 e. The van der Waals surface area contributed by atoms with Crippen molar-refractivity contribution in [1.82, 2.24) is 10.2 Å². The SMILES string of the molecule is O=C([C@H]1CNC[C@@H](O)[C@@H]1c1cccc(-c2ccccc2)c1)N(Cc1cccc(Cl)c1Cl)C1CC1. The summed E-state index contributed by atoms with van der Waals surface area (Å²) in [6, 6.07) is 24.2. The highest BCUT2D eigenvalue weighted by molar-refractivity contribution is 6.42. The first-order valence-electron chi connectivity index (χ1n) is 11.8. The molecule has 3 aromatic rings. The Morgan fingerprint density at radius 2 is 1.68 bits per heavy atom. The molecular weight excluding hydrogens is 467 g/mol. The van der Waals surface area contributed by atoms with E-state index in [9.17, 15) is 9.90 Å². The summed E-state index contributed by atoms with van der Waals surface area (Å²) in [5.41, 5.74) is 4.04. The number of amides is 1. The van der Waals surface area contributed by atoms with Crippen LogP contribution in [-0.4, -0.2) is 41.1 Å². The zero-order valence-corrected chi connectivity index (χ0v) is 20.3. The Morgan fingerprint density at radius 1 is 0.941 bits per heavy atom. The monoisotopic (exact) mass is 494 g/mol. The molecule has 1 heterocycles. The van der Waals surface area contributed by atoms with E-state index in [0.29, 0.717) is 29.7 Å². The van der Waals surface area contributed by atoms with Crippen molar-refractivity contribution in [3.8, 4) is 11.1 Å². The van der Waals surface area contributed by atoms with E-state index in [1.165, 1.54) is 0 Å². The largest absolute Gasteiger partial charge is 0.391 e. The molecule has 3 atom stereocenters. The first-order valence-corrected chi connectivity index (χ1v) is 12.6. The Bertz CT molecular complexity index is 1170. The van der Waals surface area contributed by atoms with Crippen LogP contribution in [0.25, 0.3) is 11.1 Å². The minimum atomic E-state index is -0.649. The lowest BCUT2D eigenvalue weighted by molar-refractivity contribution is -0.139. The van der Waals surface area contributed by atoms with E-state index >= 15 is 0 Å². The van der Waals surface area contributed by atoms with Crippen molar-refractivity contribution in [3.05, 3.63) is 94.0 Å². The smallest absolute Gasteiger partial charge is 0.228 e. The van der Waals surface area contributed by atoms with E-state index in [4.69, 9.17) is 23.2 Å². The molecule has 1 saturated heterocycles. The normalized spacial score (nSPS) is 22.4. The molecule has 2 fully saturated rings. The first kappa shape index (κ1) is 23.4. The molecule has 0 bridgehead atoms. The molecule has 0 radical (unpaired) electrons. The van der Waals surface area contributed by atoms with Crippen LogP contribution in [0.5, 0.6) is 0 Å². The summed E-state index contributed by atoms with van der Waals surface area (Å²) in [4.78, 5) is 15.9. The predicted molar refractivity (Wildman–Crippen MR) is 137 cm³/mol. The molecule has 1 saturated carbocycles. The number of carbonyl (C=O) groups is 1. The second-order valence-electron chi connectivity index (χ2n) is 9.26. The Balaban J connectivity index is 1.45. The number of aliphatic hydroxyl groups excluding tert-OH is 1. The van der Waals surface area contributed by atoms with Crippen LogP contribution >= 0.6 is 23.2 Å². The van der Waals surface area contributed by atoms with Gasteiger partial charge in [-0.05, 0) is 41.2 Å². The van der Waals surface area contributed by atoms with Gasteiger partial charge in [-0.1, -0.05) is 89.9 Å². The molecule has 0 unspecified atom stereocenters. The molecule has 1 amide bonds. The van der Waals surface area contributed by atoms with Crippen LogP contribution in [0.4, 0.5) is 0 Å². The molecule has 34 heavy (non-hydrogen) atoms. The fourth-order valence-electron chi connectivity index (χ4n) is 5.00. The highest BCUT2D eigenvalue weighted by Crippen LogP contribution is 2.38. The van der Waals surface area contributed by atoms with E-state index in [0.717, 1.165) is 35.1 Å². The Labute approximate surface area is 210 Å². The van der Waals surface area contributed by atoms with E-state index in [1.54, 1.807) is 6.07 Å². The maximum absolute atomic E-state index is 14.0. The summed E-state index contributed by atoms with van der Waals surface area (Å²) in [6.07, 6.45) is 1.33. The highest BCUT2D eigenvalue weighted by Gasteiger charge is 2.43. The number of benzene rings is 3. The number of β-amino-alcohol motifs (C(OH)–C–C–N with tert-alkyl or cyclic N) is 1. The maximum atomic E-state index is 14.0. The third-order valence-electron chi connectivity index (χ3n) is 6.90. The number of hydrogen-bond acceptors (Lipinski definition) is 3. The van der Waals surface area contributed by atoms with Crippen LogP contribution in [-0.2, 0) is 11.3 Å². The highest BCUT2D eigenvalue weighted by atomic mass is 35.5. The number of aliphatic hydroxyl groups is 1. The zero-order valence-electron chi connectivity index (χ0n) is 18.8. The van der Waals surface area contributed by atoms with E-state index in [2.05, 4.69) is 29.6 Å². The summed E-state index contributed by atoms with van der Waals surface area (Å²) >= 11 is 12.7. The van der Waals surface area contributed by atoms with Gasteiger partial charge in [0.25, 0.3) is 0 Å². The van der Waals surface area contributed by atoms with E-state index < -0.39 is 6.10 Å². The van der Waals surface area contributed by atoms with Crippen molar-refractivity contribution < 1.29 is 9.90 Å². The average Bonchev–Trinajstić information content (AvgIpc) is 3.70. The van der Waals surface area contributed by atoms with Crippen molar-refractivity contribution in [2.45, 2.75) is 37.5 Å². The second kappa shape index (κ2) is 10.1. The number of nitrogens with zero attached hydrogens (tertiary/aromatic N) is 1. The average molecular weight is 495 g/mol. The lowest BCUT2D eigenvalue weighted by atomic mass is 9.77. The van der Waals surface area contributed by atoms with E-state index in [-0.39, 0.29) is 23.8 Å². The number of piperidine rings is 1. The minimum absolute atomic E-state index is 0.0555. The topological polar surface area (TPSA) is 52.6 Å². The number of hydrogen-bond donors (Lipinski definition) is 2. The van der Waals surface area contributed by atoms with Gasteiger partial charge in [-0.15, -0.1) is 0 Å². The van der Waals surface area contributed by atoms with Gasteiger partial charge in [0.1, 0.15) is 0 Å². The number of carbonyl (C=O) groups excluding carboxylic acids is 1. The third-order valence-corrected chi connectivity index (χ3v) is 7.76. The van der Waals surface area contributed by atoms with Gasteiger partial charge < -0.3 is 15.3 Å². The summed E-state index contributed by atoms with van der Waals surface area (Å²) in [6.45, 7) is 1.42. The van der Waals surface area contributed by atoms with Crippen LogP contribution in [0.15, 0.2) is 72.8 Å². The van der Waals surface area contributed by atoms with Gasteiger partial charge in [-0.25, -0.2) is 0 Å². The summed E-state index contributed by atoms with van der Waals surface area (Å²) in [7, 11) is 0. The van der Waals surface area contributed by atoms with Crippen molar-refractivity contribution in [3.63, 3.8) is 0 Å². The van der Waals surface area contributed by atoms with Crippen molar-refractivity contribution in [2.75, 3.05) is 13.1 Å². The van der Waals surface area contributed by atoms with Gasteiger partial charge in [0.2, 0.25) is 5.91 Å². The van der Waals surface area contributed by atoms with Gasteiger partial charge in [-0.3, -0.25) is 4.79 Å². The molecule has 1 aliphatic heterocycles. The third kappa shape index (κ3) is 4.87. The van der Waals surface area contributed by atoms with Crippen molar-refractivity contribution in [1.29, 1.82) is 0 Å². The lowest BCUT2D eigenvalue weighted by Crippen LogP contribution is -2.52. The minimum Gasteiger partial charge on any atom is -0.391 e. The molecule has 1 aliphatic carbocycles. The molecule has 5 rings (SSSR count). The standard InChI is InChI=1S/C28H28Cl2N2O2/c29-24-11-5-10-21(27(24)30)17-32(22-12-13-22)28(34)23-15-31-16-25(33)26(23)20-9-4-8-19(14-20)18-6-2-1-3-7-18/h1-11,14,22-23,25-26,31,33H,12-13,15-17H2/t23-,25+,26+/m0/s1. The van der Waals surface area contributed by atoms with Crippen molar-refractivity contribution in [2.24, 2.45) is 5.92 Å². The number of halogens is 2. The molecule has 3 aromatic carbocycles. The Kier molecular flexibility index (Phi) is 6.94. The molecule has 176 valence electrons. The van der Waals surface area contributed by atoms with E-state index in [1.807, 2.05) is 47.4 Å². The summed E-state index contributed by atoms with van der Waals surface area (Å²) < 4.78 is 0. The Hall–Kier alpha value is -2.37. The van der Waals surface area contributed by atoms with Crippen LogP contribution < -0.4 is 5.32 Å². The quantitative estimate of drug-likeness (QED) is 0.474. The molecule has 4 nitrogen and oxygen atoms in total. The molecule has 2 N–H and O–H groups in total. The van der Waals surface area contributed by atoms with Crippen molar-refractivity contribution >= 4 is 29.1 Å². The van der Waals surface area contributed by atoms with Crippen LogP contribution in [0.2, 0.25) is 10.0 Å². The van der Waals surface area contributed by atoms with Gasteiger partial charge >= 0.3 is 0 Å². The predicted octanol–water partition coefficient (Wildman–Crippen LogP) is 5.52. The van der Waals surface area contributed by atoms with Gasteiger partial charge in [0, 0.05) is 31.6 Å². The lowest BCUT2D eigenvalue weighted by Gasteiger charge is -2.38. The fraction of sp³-hybridized carbons (Fsp3) is 0.321. The number of nitrogens with one attached hydrogen (secondary N) is 1. The van der Waals surface area contributed by atoms with Gasteiger partial charge in [-0.2, -0.15) is 0 Å². The molecule has 6 heteroatoms. The zero-order chi connectivity index (χ0) is 23.7. The molecular formula is C28H28Cl2N2O2. The second-order valence-corrected chi connectivity index (χ2v) is 10.0.